The van der Waals surface area contributed by atoms with Crippen molar-refractivity contribution in [1.82, 2.24) is 15.2 Å². The van der Waals surface area contributed by atoms with E-state index in [0.717, 1.165) is 17.8 Å². The van der Waals surface area contributed by atoms with Gasteiger partial charge in [0.1, 0.15) is 12.0 Å². The molecule has 6 heteroatoms. The van der Waals surface area contributed by atoms with Crippen LogP contribution in [0, 0.1) is 5.92 Å². The highest BCUT2D eigenvalue weighted by Crippen LogP contribution is 2.45. The lowest BCUT2D eigenvalue weighted by Crippen LogP contribution is -2.54. The van der Waals surface area contributed by atoms with Crippen LogP contribution in [0.4, 0.5) is 0 Å². The number of hydrogen-bond acceptors (Lipinski definition) is 5. The Kier molecular flexibility index (Phi) is 7.58. The summed E-state index contributed by atoms with van der Waals surface area (Å²) in [5.74, 6) is 1.27. The summed E-state index contributed by atoms with van der Waals surface area (Å²) in [7, 11) is 0. The van der Waals surface area contributed by atoms with Crippen LogP contribution >= 0.6 is 22.7 Å². The first-order chi connectivity index (χ1) is 28.2. The number of para-hydroxylation sites is 2. The number of benzene rings is 7. The molecule has 0 bridgehead atoms. The zero-order valence-electron chi connectivity index (χ0n) is 30.9. The van der Waals surface area contributed by atoms with Gasteiger partial charge in [-0.2, -0.15) is 0 Å². The smallest absolute Gasteiger partial charge is 0.131 e. The topological polar surface area (TPSA) is 41.4 Å². The highest BCUT2D eigenvalue weighted by molar-refractivity contribution is 7.26. The number of hydrogen-bond donors (Lipinski definition) is 2. The first-order valence-corrected chi connectivity index (χ1v) is 21.3. The number of nitrogens with one attached hydrogen (secondary N) is 2. The normalized spacial score (nSPS) is 18.3. The molecule has 4 nitrogen and oxygen atoms in total. The molecule has 7 aromatic carbocycles. The lowest BCUT2D eigenvalue weighted by Gasteiger charge is -2.35. The van der Waals surface area contributed by atoms with Gasteiger partial charge in [-0.15, -0.1) is 22.7 Å². The van der Waals surface area contributed by atoms with Crippen LogP contribution in [0.2, 0.25) is 0 Å². The van der Waals surface area contributed by atoms with Gasteiger partial charge in [0.25, 0.3) is 0 Å². The van der Waals surface area contributed by atoms with Crippen molar-refractivity contribution in [3.63, 3.8) is 0 Å². The Balaban J connectivity index is 0.950. The van der Waals surface area contributed by atoms with Crippen LogP contribution in [-0.2, 0) is 0 Å². The van der Waals surface area contributed by atoms with Gasteiger partial charge in [0.05, 0.1) is 22.9 Å². The average molecular weight is 769 g/mol. The van der Waals surface area contributed by atoms with E-state index in [2.05, 4.69) is 191 Å². The van der Waals surface area contributed by atoms with E-state index < -0.39 is 0 Å². The summed E-state index contributed by atoms with van der Waals surface area (Å²) < 4.78 is 7.67. The Morgan fingerprint density at radius 2 is 1.32 bits per heavy atom. The molecule has 4 heterocycles. The minimum absolute atomic E-state index is 0.0687. The maximum atomic E-state index is 5.24. The molecule has 2 aliphatic rings. The molecule has 0 amide bonds. The molecule has 0 spiro atoms. The molecule has 57 heavy (non-hydrogen) atoms. The minimum Gasteiger partial charge on any atom is -0.354 e. The van der Waals surface area contributed by atoms with Crippen LogP contribution in [0.15, 0.2) is 181 Å². The number of thiophene rings is 2. The molecule has 1 aliphatic heterocycles. The summed E-state index contributed by atoms with van der Waals surface area (Å²) in [6.45, 7) is 0. The predicted octanol–water partition coefficient (Wildman–Crippen LogP) is 13.3. The Morgan fingerprint density at radius 3 is 2.12 bits per heavy atom. The standard InChI is InChI=1S/C51H36N4S2/c1-3-13-31(14-4-1)49-52-50(32-15-5-2-6-16-32)54-51(53-49)34-26-28-39-38-27-25-33(29-45(38)56-46(39)30-34)35-19-11-20-40-47-43(23-12-24-44(47)57-48(35)40)55-41-21-9-7-17-36(41)37-18-8-10-22-42(37)55/h1-15,17-30,32,50-51,54H,16H2,(H,52,53). The van der Waals surface area contributed by atoms with Gasteiger partial charge < -0.3 is 9.88 Å². The predicted molar refractivity (Wildman–Crippen MR) is 244 cm³/mol. The maximum absolute atomic E-state index is 5.24. The molecular formula is C51H36N4S2. The van der Waals surface area contributed by atoms with Crippen molar-refractivity contribution < 1.29 is 0 Å². The van der Waals surface area contributed by atoms with Crippen molar-refractivity contribution in [1.29, 1.82) is 0 Å². The maximum Gasteiger partial charge on any atom is 0.131 e. The van der Waals surface area contributed by atoms with Crippen molar-refractivity contribution in [2.45, 2.75) is 18.8 Å². The molecule has 0 radical (unpaired) electrons. The van der Waals surface area contributed by atoms with Crippen LogP contribution in [0.5, 0.6) is 0 Å². The number of fused-ring (bicyclic) bond motifs is 9. The lowest BCUT2D eigenvalue weighted by molar-refractivity contribution is 0.328. The van der Waals surface area contributed by atoms with Gasteiger partial charge in [0.15, 0.2) is 0 Å². The first kappa shape index (κ1) is 32.9. The second-order valence-corrected chi connectivity index (χ2v) is 17.3. The second-order valence-electron chi connectivity index (χ2n) is 15.1. The van der Waals surface area contributed by atoms with Crippen molar-refractivity contribution in [3.8, 4) is 16.8 Å². The molecule has 12 rings (SSSR count). The Hall–Kier alpha value is -6.31. The lowest BCUT2D eigenvalue weighted by atomic mass is 9.95. The van der Waals surface area contributed by atoms with Gasteiger partial charge in [0.2, 0.25) is 0 Å². The fraction of sp³-hybridized carbons (Fsp3) is 0.0784. The summed E-state index contributed by atoms with van der Waals surface area (Å²) in [6, 6.07) is 55.6. The summed E-state index contributed by atoms with van der Waals surface area (Å²) in [4.78, 5) is 5.24. The Labute approximate surface area is 337 Å². The summed E-state index contributed by atoms with van der Waals surface area (Å²) >= 11 is 3.78. The molecule has 0 fully saturated rings. The fourth-order valence-electron chi connectivity index (χ4n) is 9.12. The SMILES string of the molecule is C1=CCC(C2NC(c3ccccc3)=NC(c3ccc4c(c3)sc3cc(-c5cccc6c5sc5cccc(-n7c8ccccc8c8ccccc87)c56)ccc34)N2)C=C1. The van der Waals surface area contributed by atoms with Gasteiger partial charge in [-0.05, 0) is 59.5 Å². The highest BCUT2D eigenvalue weighted by Gasteiger charge is 2.29. The number of aromatic nitrogens is 1. The third-order valence-electron chi connectivity index (χ3n) is 11.8. The molecule has 3 atom stereocenters. The molecule has 272 valence electrons. The average Bonchev–Trinajstić information content (AvgIpc) is 3.96. The van der Waals surface area contributed by atoms with Crippen LogP contribution < -0.4 is 10.6 Å². The number of rotatable bonds is 5. The summed E-state index contributed by atoms with van der Waals surface area (Å²) in [5, 5.41) is 15.3. The van der Waals surface area contributed by atoms with Crippen molar-refractivity contribution in [2.75, 3.05) is 0 Å². The van der Waals surface area contributed by atoms with E-state index >= 15 is 0 Å². The van der Waals surface area contributed by atoms with E-state index in [9.17, 15) is 0 Å². The summed E-state index contributed by atoms with van der Waals surface area (Å²) in [6.07, 6.45) is 9.74. The molecule has 3 unspecified atom stereocenters. The van der Waals surface area contributed by atoms with Crippen molar-refractivity contribution in [2.24, 2.45) is 10.9 Å². The van der Waals surface area contributed by atoms with E-state index in [1.807, 2.05) is 22.7 Å². The molecule has 10 aromatic rings. The molecule has 3 aromatic heterocycles. The Morgan fingerprint density at radius 1 is 0.579 bits per heavy atom. The van der Waals surface area contributed by atoms with Gasteiger partial charge in [-0.25, -0.2) is 4.99 Å². The molecule has 1 aliphatic carbocycles. The zero-order chi connectivity index (χ0) is 37.5. The number of aliphatic imine (C=N–C) groups is 1. The van der Waals surface area contributed by atoms with Crippen molar-refractivity contribution in [3.05, 3.63) is 187 Å². The fourth-order valence-corrected chi connectivity index (χ4v) is 11.6. The quantitative estimate of drug-likeness (QED) is 0.183. The molecule has 2 N–H and O–H groups in total. The van der Waals surface area contributed by atoms with E-state index in [1.165, 1.54) is 84.5 Å². The van der Waals surface area contributed by atoms with Crippen LogP contribution in [0.1, 0.15) is 23.7 Å². The Bertz CT molecular complexity index is 3250. The van der Waals surface area contributed by atoms with Crippen molar-refractivity contribution >= 4 is 90.7 Å². The second kappa shape index (κ2) is 13.1. The third kappa shape index (κ3) is 5.32. The molecule has 0 saturated carbocycles. The van der Waals surface area contributed by atoms with Gasteiger partial charge >= 0.3 is 0 Å². The van der Waals surface area contributed by atoms with E-state index in [1.54, 1.807) is 0 Å². The number of nitrogens with zero attached hydrogens (tertiary/aromatic N) is 2. The third-order valence-corrected chi connectivity index (χ3v) is 14.1. The van der Waals surface area contributed by atoms with Gasteiger partial charge in [-0.1, -0.05) is 140 Å². The molecular weight excluding hydrogens is 733 g/mol. The molecule has 0 saturated heterocycles. The van der Waals surface area contributed by atoms with E-state index in [0.29, 0.717) is 5.92 Å². The van der Waals surface area contributed by atoms with Crippen LogP contribution in [-0.4, -0.2) is 16.6 Å². The number of allylic oxidation sites excluding steroid dienone is 3. The monoisotopic (exact) mass is 768 g/mol. The summed E-state index contributed by atoms with van der Waals surface area (Å²) in [5.41, 5.74) is 8.51. The van der Waals surface area contributed by atoms with Gasteiger partial charge in [0, 0.05) is 62.6 Å². The van der Waals surface area contributed by atoms with Crippen LogP contribution in [0.25, 0.3) is 79.0 Å². The van der Waals surface area contributed by atoms with Crippen LogP contribution in [0.3, 0.4) is 0 Å². The zero-order valence-corrected chi connectivity index (χ0v) is 32.5. The minimum atomic E-state index is -0.158. The number of amidine groups is 1. The van der Waals surface area contributed by atoms with Gasteiger partial charge in [-0.3, -0.25) is 5.32 Å². The highest BCUT2D eigenvalue weighted by atomic mass is 32.1. The largest absolute Gasteiger partial charge is 0.354 e. The first-order valence-electron chi connectivity index (χ1n) is 19.6. The van der Waals surface area contributed by atoms with E-state index in [4.69, 9.17) is 4.99 Å². The van der Waals surface area contributed by atoms with E-state index in [-0.39, 0.29) is 12.3 Å².